The Hall–Kier alpha value is -2.03. The van der Waals surface area contributed by atoms with Gasteiger partial charge >= 0.3 is 5.97 Å². The van der Waals surface area contributed by atoms with Crippen molar-refractivity contribution in [2.75, 3.05) is 0 Å². The maximum absolute atomic E-state index is 11.9. The van der Waals surface area contributed by atoms with E-state index in [1.165, 1.54) is 0 Å². The number of benzene rings is 1. The molecule has 0 saturated heterocycles. The Balaban J connectivity index is 2.52. The summed E-state index contributed by atoms with van der Waals surface area (Å²) in [5, 5.41) is 0. The zero-order valence-electron chi connectivity index (χ0n) is 9.90. The average Bonchev–Trinajstić information content (AvgIpc) is 2.23. The third-order valence-electron chi connectivity index (χ3n) is 2.37. The Bertz CT molecular complexity index is 498. The van der Waals surface area contributed by atoms with Gasteiger partial charge in [-0.2, -0.15) is 0 Å². The minimum absolute atomic E-state index is 0.361. The molecule has 0 atom stereocenters. The largest absolute Gasteiger partial charge is 0.452 e. The van der Waals surface area contributed by atoms with Crippen molar-refractivity contribution in [1.82, 2.24) is 0 Å². The van der Waals surface area contributed by atoms with Crippen LogP contribution in [0, 0.1) is 0 Å². The van der Waals surface area contributed by atoms with E-state index in [0.29, 0.717) is 11.3 Å². The Labute approximate surface area is 100 Å². The van der Waals surface area contributed by atoms with Gasteiger partial charge in [-0.3, -0.25) is 0 Å². The van der Waals surface area contributed by atoms with Crippen molar-refractivity contribution in [3.05, 3.63) is 48.1 Å². The maximum atomic E-state index is 11.9. The first-order valence-electron chi connectivity index (χ1n) is 5.38. The fraction of sp³-hybridized carbons (Fsp3) is 0.214. The van der Waals surface area contributed by atoms with Crippen LogP contribution in [-0.2, 0) is 4.74 Å². The second-order valence-electron chi connectivity index (χ2n) is 4.21. The summed E-state index contributed by atoms with van der Waals surface area (Å²) in [7, 11) is 0. The summed E-state index contributed by atoms with van der Waals surface area (Å²) < 4.78 is 10.8. The van der Waals surface area contributed by atoms with Gasteiger partial charge in [-0.25, -0.2) is 4.79 Å². The highest BCUT2D eigenvalue weighted by Gasteiger charge is 2.34. The molecule has 0 radical (unpaired) electrons. The quantitative estimate of drug-likeness (QED) is 0.578. The Morgan fingerprint density at radius 3 is 2.76 bits per heavy atom. The molecule has 3 heteroatoms. The van der Waals surface area contributed by atoms with Crippen LogP contribution >= 0.6 is 0 Å². The van der Waals surface area contributed by atoms with Crippen LogP contribution in [0.1, 0.15) is 29.8 Å². The highest BCUT2D eigenvalue weighted by atomic mass is 16.7. The number of allylic oxidation sites excluding steroid dienone is 2. The molecule has 0 unspecified atom stereocenters. The minimum Gasteiger partial charge on any atom is -0.452 e. The van der Waals surface area contributed by atoms with Gasteiger partial charge in [-0.15, -0.1) is 0 Å². The fourth-order valence-corrected chi connectivity index (χ4v) is 1.72. The van der Waals surface area contributed by atoms with Crippen LogP contribution in [0.3, 0.4) is 0 Å². The van der Waals surface area contributed by atoms with E-state index in [1.54, 1.807) is 38.1 Å². The molecule has 3 nitrogen and oxygen atoms in total. The number of carbonyl (C=O) groups excluding carboxylic acids is 1. The smallest absolute Gasteiger partial charge is 0.345 e. The molecule has 1 aliphatic rings. The molecule has 0 spiro atoms. The average molecular weight is 230 g/mol. The fourth-order valence-electron chi connectivity index (χ4n) is 1.72. The summed E-state index contributed by atoms with van der Waals surface area (Å²) in [5.41, 5.74) is 1.23. The van der Waals surface area contributed by atoms with Crippen LogP contribution in [0.5, 0.6) is 5.75 Å². The number of carbonyl (C=O) groups is 1. The lowest BCUT2D eigenvalue weighted by atomic mass is 10.0. The van der Waals surface area contributed by atoms with Crippen LogP contribution in [0.2, 0.25) is 0 Å². The molecule has 88 valence electrons. The van der Waals surface area contributed by atoms with E-state index in [1.807, 2.05) is 12.1 Å². The number of esters is 1. The molecule has 0 aliphatic carbocycles. The molecule has 1 aromatic carbocycles. The zero-order chi connectivity index (χ0) is 12.5. The van der Waals surface area contributed by atoms with Gasteiger partial charge in [0, 0.05) is 13.8 Å². The molecule has 0 N–H and O–H groups in total. The third kappa shape index (κ3) is 2.23. The van der Waals surface area contributed by atoms with Crippen molar-refractivity contribution in [2.24, 2.45) is 0 Å². The first kappa shape index (κ1) is 11.5. The van der Waals surface area contributed by atoms with Crippen molar-refractivity contribution in [3.8, 4) is 5.75 Å². The molecular weight excluding hydrogens is 216 g/mol. The number of hydrogen-bond acceptors (Lipinski definition) is 3. The molecule has 0 saturated carbocycles. The Morgan fingerprint density at radius 2 is 2.06 bits per heavy atom. The number of cyclic esters (lactones) is 1. The maximum Gasteiger partial charge on any atom is 0.345 e. The summed E-state index contributed by atoms with van der Waals surface area (Å²) in [5.74, 6) is -0.719. The second-order valence-corrected chi connectivity index (χ2v) is 4.21. The van der Waals surface area contributed by atoms with E-state index in [-0.39, 0.29) is 5.97 Å². The number of fused-ring (bicyclic) bond motifs is 1. The minimum atomic E-state index is -0.912. The molecular formula is C14H14O3. The van der Waals surface area contributed by atoms with Crippen LogP contribution in [0.25, 0.3) is 6.08 Å². The van der Waals surface area contributed by atoms with Crippen LogP contribution in [0.4, 0.5) is 0 Å². The summed E-state index contributed by atoms with van der Waals surface area (Å²) in [6, 6.07) is 5.45. The number of hydrogen-bond donors (Lipinski definition) is 0. The normalized spacial score (nSPS) is 17.2. The summed E-state index contributed by atoms with van der Waals surface area (Å²) in [6.07, 6.45) is 5.22. The molecule has 1 heterocycles. The summed E-state index contributed by atoms with van der Waals surface area (Å²) in [4.78, 5) is 11.9. The highest BCUT2D eigenvalue weighted by Crippen LogP contribution is 2.33. The van der Waals surface area contributed by atoms with E-state index in [0.717, 1.165) is 5.56 Å². The van der Waals surface area contributed by atoms with Gasteiger partial charge in [-0.05, 0) is 11.6 Å². The van der Waals surface area contributed by atoms with Crippen LogP contribution in [0.15, 0.2) is 36.9 Å². The molecule has 0 amide bonds. The van der Waals surface area contributed by atoms with Gasteiger partial charge in [0.05, 0.1) is 0 Å². The van der Waals surface area contributed by atoms with E-state index in [4.69, 9.17) is 9.47 Å². The molecule has 0 fully saturated rings. The van der Waals surface area contributed by atoms with Crippen molar-refractivity contribution in [1.29, 1.82) is 0 Å². The third-order valence-corrected chi connectivity index (χ3v) is 2.37. The number of rotatable bonds is 2. The lowest BCUT2D eigenvalue weighted by Crippen LogP contribution is -2.39. The van der Waals surface area contributed by atoms with Crippen molar-refractivity contribution in [3.63, 3.8) is 0 Å². The van der Waals surface area contributed by atoms with Crippen molar-refractivity contribution >= 4 is 12.0 Å². The second kappa shape index (κ2) is 4.09. The summed E-state index contributed by atoms with van der Waals surface area (Å²) in [6.45, 7) is 7.01. The molecule has 0 aromatic heterocycles. The molecule has 1 aromatic rings. The molecule has 0 bridgehead atoms. The van der Waals surface area contributed by atoms with Crippen molar-refractivity contribution < 1.29 is 14.3 Å². The highest BCUT2D eigenvalue weighted by molar-refractivity contribution is 5.97. The van der Waals surface area contributed by atoms with Gasteiger partial charge in [0.1, 0.15) is 11.3 Å². The zero-order valence-corrected chi connectivity index (χ0v) is 9.90. The van der Waals surface area contributed by atoms with Gasteiger partial charge < -0.3 is 9.47 Å². The van der Waals surface area contributed by atoms with Crippen LogP contribution in [-0.4, -0.2) is 11.8 Å². The summed E-state index contributed by atoms with van der Waals surface area (Å²) >= 11 is 0. The van der Waals surface area contributed by atoms with Gasteiger partial charge in [0.25, 0.3) is 0 Å². The van der Waals surface area contributed by atoms with E-state index >= 15 is 0 Å². The topological polar surface area (TPSA) is 35.5 Å². The monoisotopic (exact) mass is 230 g/mol. The predicted molar refractivity (Wildman–Crippen MR) is 65.8 cm³/mol. The predicted octanol–water partition coefficient (Wildman–Crippen LogP) is 3.17. The van der Waals surface area contributed by atoms with E-state index in [2.05, 4.69) is 6.58 Å². The Kier molecular flexibility index (Phi) is 2.76. The number of ether oxygens (including phenoxy) is 2. The molecule has 1 aliphatic heterocycles. The lowest BCUT2D eigenvalue weighted by Gasteiger charge is -2.32. The lowest BCUT2D eigenvalue weighted by molar-refractivity contribution is -0.127. The van der Waals surface area contributed by atoms with Gasteiger partial charge in [0.2, 0.25) is 5.79 Å². The van der Waals surface area contributed by atoms with E-state index < -0.39 is 5.79 Å². The standard InChI is InChI=1S/C14H14O3/c1-4-5-7-10-8-6-9-11-12(10)13(15)17-14(2,3)16-11/h4-9H,1H2,2-3H3/b7-5+. The first-order valence-corrected chi connectivity index (χ1v) is 5.38. The molecule has 17 heavy (non-hydrogen) atoms. The van der Waals surface area contributed by atoms with Gasteiger partial charge in [-0.1, -0.05) is 36.9 Å². The Morgan fingerprint density at radius 1 is 1.29 bits per heavy atom. The SMILES string of the molecule is C=C/C=C/c1cccc2c1C(=O)OC(C)(C)O2. The van der Waals surface area contributed by atoms with E-state index in [9.17, 15) is 4.79 Å². The van der Waals surface area contributed by atoms with Crippen molar-refractivity contribution in [2.45, 2.75) is 19.6 Å². The molecule has 2 rings (SSSR count). The first-order chi connectivity index (χ1) is 8.03. The van der Waals surface area contributed by atoms with Gasteiger partial charge in [0.15, 0.2) is 0 Å². The van der Waals surface area contributed by atoms with Crippen LogP contribution < -0.4 is 4.74 Å².